The van der Waals surface area contributed by atoms with Gasteiger partial charge in [-0.1, -0.05) is 11.6 Å². The molecule has 1 unspecified atom stereocenters. The largest absolute Gasteiger partial charge is 0.480 e. The normalized spacial score (nSPS) is 15.6. The van der Waals surface area contributed by atoms with Crippen molar-refractivity contribution in [3.63, 3.8) is 0 Å². The Morgan fingerprint density at radius 1 is 1.62 bits per heavy atom. The molecule has 0 spiro atoms. The first kappa shape index (κ1) is 14.8. The second-order valence-electron chi connectivity index (χ2n) is 4.15. The highest BCUT2D eigenvalue weighted by Crippen LogP contribution is 2.10. The molecule has 5 heteroatoms. The van der Waals surface area contributed by atoms with Gasteiger partial charge in [-0.25, -0.2) is 0 Å². The van der Waals surface area contributed by atoms with Crippen LogP contribution in [0.1, 0.15) is 26.7 Å². The molecule has 0 amide bonds. The van der Waals surface area contributed by atoms with Crippen molar-refractivity contribution in [2.45, 2.75) is 32.2 Å². The molecule has 0 fully saturated rings. The van der Waals surface area contributed by atoms with Crippen LogP contribution in [0.2, 0.25) is 0 Å². The summed E-state index contributed by atoms with van der Waals surface area (Å²) in [7, 11) is 0. The molecule has 0 aliphatic rings. The first-order valence-electron chi connectivity index (χ1n) is 5.27. The van der Waals surface area contributed by atoms with Crippen LogP contribution in [0.3, 0.4) is 0 Å². The van der Waals surface area contributed by atoms with E-state index < -0.39 is 11.5 Å². The molecule has 0 aromatic rings. The molecule has 0 aliphatic heterocycles. The highest BCUT2D eigenvalue weighted by molar-refractivity contribution is 5.77. The van der Waals surface area contributed by atoms with Gasteiger partial charge in [0.1, 0.15) is 5.54 Å². The Labute approximate surface area is 96.2 Å². The summed E-state index contributed by atoms with van der Waals surface area (Å²) < 4.78 is 0. The number of hydrogen-bond donors (Lipinski definition) is 4. The van der Waals surface area contributed by atoms with Crippen LogP contribution in [0, 0.1) is 5.41 Å². The van der Waals surface area contributed by atoms with Crippen LogP contribution in [-0.2, 0) is 4.79 Å². The Morgan fingerprint density at radius 3 is 2.75 bits per heavy atom. The number of rotatable bonds is 8. The van der Waals surface area contributed by atoms with E-state index in [0.29, 0.717) is 25.9 Å². The van der Waals surface area contributed by atoms with Crippen LogP contribution < -0.4 is 11.1 Å². The van der Waals surface area contributed by atoms with Crippen molar-refractivity contribution in [1.29, 1.82) is 5.41 Å². The Morgan fingerprint density at radius 2 is 2.25 bits per heavy atom. The van der Waals surface area contributed by atoms with Crippen molar-refractivity contribution in [1.82, 2.24) is 5.32 Å². The number of hydrogen-bond acceptors (Lipinski definition) is 4. The quantitative estimate of drug-likeness (QED) is 0.279. The Kier molecular flexibility index (Phi) is 6.60. The van der Waals surface area contributed by atoms with Crippen molar-refractivity contribution < 1.29 is 9.90 Å². The number of carboxylic acids is 1. The SMILES string of the molecule is CC(=CCCC(C)(N)C(=O)O)CNCC=N. The molecule has 0 aromatic carbocycles. The standard InChI is InChI=1S/C11H21N3O2/c1-9(8-14-7-6-12)4-3-5-11(2,13)10(15)16/h4,6,12,14H,3,5,7-8,13H2,1-2H3,(H,15,16). The van der Waals surface area contributed by atoms with E-state index in [-0.39, 0.29) is 0 Å². The minimum Gasteiger partial charge on any atom is -0.480 e. The molecule has 0 saturated heterocycles. The van der Waals surface area contributed by atoms with Gasteiger partial charge >= 0.3 is 5.97 Å². The fourth-order valence-corrected chi connectivity index (χ4v) is 1.14. The van der Waals surface area contributed by atoms with Crippen LogP contribution in [0.5, 0.6) is 0 Å². The van der Waals surface area contributed by atoms with Crippen molar-refractivity contribution in [3.05, 3.63) is 11.6 Å². The van der Waals surface area contributed by atoms with E-state index >= 15 is 0 Å². The molecule has 16 heavy (non-hydrogen) atoms. The summed E-state index contributed by atoms with van der Waals surface area (Å²) in [4.78, 5) is 10.7. The monoisotopic (exact) mass is 227 g/mol. The van der Waals surface area contributed by atoms with Crippen LogP contribution in [-0.4, -0.2) is 35.9 Å². The zero-order valence-electron chi connectivity index (χ0n) is 9.92. The smallest absolute Gasteiger partial charge is 0.323 e. The summed E-state index contributed by atoms with van der Waals surface area (Å²) in [5, 5.41) is 18.7. The van der Waals surface area contributed by atoms with Gasteiger partial charge in [0.15, 0.2) is 0 Å². The zero-order valence-corrected chi connectivity index (χ0v) is 9.92. The van der Waals surface area contributed by atoms with E-state index in [9.17, 15) is 4.79 Å². The van der Waals surface area contributed by atoms with Gasteiger partial charge in [0.25, 0.3) is 0 Å². The fourth-order valence-electron chi connectivity index (χ4n) is 1.14. The van der Waals surface area contributed by atoms with Gasteiger partial charge in [0.05, 0.1) is 0 Å². The number of allylic oxidation sites excluding steroid dienone is 1. The summed E-state index contributed by atoms with van der Waals surface area (Å²) >= 11 is 0. The minimum atomic E-state index is -1.15. The molecule has 0 aliphatic carbocycles. The van der Waals surface area contributed by atoms with Gasteiger partial charge in [-0.2, -0.15) is 0 Å². The highest BCUT2D eigenvalue weighted by Gasteiger charge is 2.26. The first-order chi connectivity index (χ1) is 7.40. The number of carboxylic acid groups (broad SMARTS) is 1. The maximum absolute atomic E-state index is 10.7. The maximum Gasteiger partial charge on any atom is 0.323 e. The Balaban J connectivity index is 3.90. The molecule has 5 nitrogen and oxygen atoms in total. The van der Waals surface area contributed by atoms with Gasteiger partial charge in [-0.15, -0.1) is 0 Å². The molecule has 0 saturated carbocycles. The lowest BCUT2D eigenvalue weighted by molar-refractivity contribution is -0.142. The van der Waals surface area contributed by atoms with Gasteiger partial charge in [0, 0.05) is 19.3 Å². The van der Waals surface area contributed by atoms with Gasteiger partial charge in [-0.05, 0) is 26.7 Å². The third kappa shape index (κ3) is 6.31. The lowest BCUT2D eigenvalue weighted by atomic mass is 9.97. The molecular formula is C11H21N3O2. The van der Waals surface area contributed by atoms with E-state index in [0.717, 1.165) is 5.57 Å². The average molecular weight is 227 g/mol. The van der Waals surface area contributed by atoms with E-state index in [1.54, 1.807) is 0 Å². The van der Waals surface area contributed by atoms with Crippen molar-refractivity contribution in [2.75, 3.05) is 13.1 Å². The molecule has 1 atom stereocenters. The molecule has 92 valence electrons. The van der Waals surface area contributed by atoms with Crippen molar-refractivity contribution >= 4 is 12.2 Å². The summed E-state index contributed by atoms with van der Waals surface area (Å²) in [5.74, 6) is -0.972. The highest BCUT2D eigenvalue weighted by atomic mass is 16.4. The topological polar surface area (TPSA) is 99.2 Å². The lowest BCUT2D eigenvalue weighted by Crippen LogP contribution is -2.44. The third-order valence-electron chi connectivity index (χ3n) is 2.30. The summed E-state index contributed by atoms with van der Waals surface area (Å²) in [6.07, 6.45) is 4.35. The zero-order chi connectivity index (χ0) is 12.6. The predicted octanol–water partition coefficient (Wildman–Crippen LogP) is 0.754. The Bertz CT molecular complexity index is 272. The van der Waals surface area contributed by atoms with E-state index in [1.165, 1.54) is 13.1 Å². The third-order valence-corrected chi connectivity index (χ3v) is 2.30. The predicted molar refractivity (Wildman–Crippen MR) is 64.9 cm³/mol. The fraction of sp³-hybridized carbons (Fsp3) is 0.636. The number of carbonyl (C=O) groups is 1. The number of nitrogens with two attached hydrogens (primary N) is 1. The van der Waals surface area contributed by atoms with Crippen LogP contribution in [0.4, 0.5) is 0 Å². The van der Waals surface area contributed by atoms with Crippen molar-refractivity contribution in [3.8, 4) is 0 Å². The van der Waals surface area contributed by atoms with Crippen molar-refractivity contribution in [2.24, 2.45) is 5.73 Å². The van der Waals surface area contributed by atoms with Gasteiger partial charge < -0.3 is 21.6 Å². The molecule has 0 heterocycles. The average Bonchev–Trinajstić information content (AvgIpc) is 2.17. The lowest BCUT2D eigenvalue weighted by Gasteiger charge is -2.17. The molecule has 0 aromatic heterocycles. The molecule has 0 bridgehead atoms. The van der Waals surface area contributed by atoms with Gasteiger partial charge in [-0.3, -0.25) is 4.79 Å². The summed E-state index contributed by atoms with van der Waals surface area (Å²) in [6.45, 7) is 4.75. The molecule has 0 radical (unpaired) electrons. The van der Waals surface area contributed by atoms with E-state index in [1.807, 2.05) is 13.0 Å². The molecular weight excluding hydrogens is 206 g/mol. The summed E-state index contributed by atoms with van der Waals surface area (Å²) in [6, 6.07) is 0. The van der Waals surface area contributed by atoms with E-state index in [4.69, 9.17) is 16.2 Å². The first-order valence-corrected chi connectivity index (χ1v) is 5.27. The second-order valence-corrected chi connectivity index (χ2v) is 4.15. The van der Waals surface area contributed by atoms with E-state index in [2.05, 4.69) is 5.32 Å². The van der Waals surface area contributed by atoms with Gasteiger partial charge in [0.2, 0.25) is 0 Å². The maximum atomic E-state index is 10.7. The minimum absolute atomic E-state index is 0.421. The number of aliphatic carboxylic acids is 1. The summed E-state index contributed by atoms with van der Waals surface area (Å²) in [5.41, 5.74) is 5.57. The van der Waals surface area contributed by atoms with Crippen LogP contribution >= 0.6 is 0 Å². The molecule has 0 rings (SSSR count). The second kappa shape index (κ2) is 7.14. The van der Waals surface area contributed by atoms with Crippen LogP contribution in [0.15, 0.2) is 11.6 Å². The molecule has 5 N–H and O–H groups in total. The Hall–Kier alpha value is -1.20. The number of nitrogens with one attached hydrogen (secondary N) is 2. The van der Waals surface area contributed by atoms with Crippen LogP contribution in [0.25, 0.3) is 0 Å².